The molecule has 0 aliphatic rings. The molecule has 0 bridgehead atoms. The monoisotopic (exact) mass is 403 g/mol. The van der Waals surface area contributed by atoms with E-state index in [1.165, 1.54) is 16.7 Å². The second-order valence-electron chi connectivity index (χ2n) is 7.10. The number of halogens is 1. The number of nitrogens with zero attached hydrogens (tertiary/aromatic N) is 2. The summed E-state index contributed by atoms with van der Waals surface area (Å²) in [6, 6.07) is 26.2. The van der Waals surface area contributed by atoms with Gasteiger partial charge in [0.05, 0.1) is 12.1 Å². The van der Waals surface area contributed by atoms with Crippen molar-refractivity contribution in [2.24, 2.45) is 0 Å². The molecule has 0 aliphatic heterocycles. The number of hydrogen-bond acceptors (Lipinski definition) is 4. The van der Waals surface area contributed by atoms with Crippen LogP contribution in [0.15, 0.2) is 83.3 Å². The van der Waals surface area contributed by atoms with Crippen molar-refractivity contribution in [1.29, 1.82) is 0 Å². The summed E-state index contributed by atoms with van der Waals surface area (Å²) in [6.07, 6.45) is 0. The lowest BCUT2D eigenvalue weighted by molar-refractivity contribution is 0.403. The summed E-state index contributed by atoms with van der Waals surface area (Å²) in [5.74, 6) is 0.996. The van der Waals surface area contributed by atoms with Crippen LogP contribution in [0.5, 0.6) is 0 Å². The van der Waals surface area contributed by atoms with Gasteiger partial charge in [0.2, 0.25) is 11.8 Å². The summed E-state index contributed by atoms with van der Waals surface area (Å²) in [5, 5.41) is 12.7. The smallest absolute Gasteiger partial charge is 0.247 e. The third-order valence-electron chi connectivity index (χ3n) is 4.84. The highest BCUT2D eigenvalue weighted by Gasteiger charge is 2.21. The minimum atomic E-state index is -0.137. The van der Waals surface area contributed by atoms with Crippen LogP contribution in [0.2, 0.25) is 5.02 Å². The highest BCUT2D eigenvalue weighted by atomic mass is 35.5. The Kier molecular flexibility index (Phi) is 5.74. The first kappa shape index (κ1) is 19.4. The minimum Gasteiger partial charge on any atom is -0.419 e. The van der Waals surface area contributed by atoms with E-state index >= 15 is 0 Å². The topological polar surface area (TPSA) is 51.0 Å². The van der Waals surface area contributed by atoms with Crippen LogP contribution in [0, 0.1) is 6.92 Å². The first-order chi connectivity index (χ1) is 14.1. The van der Waals surface area contributed by atoms with Crippen LogP contribution in [0.25, 0.3) is 11.5 Å². The Hall–Kier alpha value is -2.95. The minimum absolute atomic E-state index is 0.00770. The Morgan fingerprint density at radius 2 is 1.59 bits per heavy atom. The van der Waals surface area contributed by atoms with Gasteiger partial charge in [0.1, 0.15) is 0 Å². The maximum absolute atomic E-state index is 6.08. The molecule has 4 nitrogen and oxygen atoms in total. The zero-order valence-electron chi connectivity index (χ0n) is 16.3. The van der Waals surface area contributed by atoms with Crippen molar-refractivity contribution in [3.05, 3.63) is 106 Å². The lowest BCUT2D eigenvalue weighted by Crippen LogP contribution is -2.26. The Morgan fingerprint density at radius 3 is 2.31 bits per heavy atom. The predicted octanol–water partition coefficient (Wildman–Crippen LogP) is 6.14. The van der Waals surface area contributed by atoms with Gasteiger partial charge in [-0.1, -0.05) is 77.8 Å². The van der Waals surface area contributed by atoms with Crippen molar-refractivity contribution < 1.29 is 4.42 Å². The van der Waals surface area contributed by atoms with Gasteiger partial charge in [0, 0.05) is 10.6 Å². The molecule has 146 valence electrons. The fourth-order valence-electron chi connectivity index (χ4n) is 3.26. The third kappa shape index (κ3) is 4.56. The SMILES string of the molecule is Cc1ccc([C@H](N[C@@H](C)c2nnc(-c3cccc(Cl)c3)o2)c2ccccc2)cc1. The molecule has 1 N–H and O–H groups in total. The summed E-state index contributed by atoms with van der Waals surface area (Å²) in [4.78, 5) is 0. The molecule has 0 spiro atoms. The Labute approximate surface area is 175 Å². The molecule has 3 aromatic carbocycles. The first-order valence-electron chi connectivity index (χ1n) is 9.57. The summed E-state index contributed by atoms with van der Waals surface area (Å²) < 4.78 is 5.93. The summed E-state index contributed by atoms with van der Waals surface area (Å²) in [6.45, 7) is 4.12. The van der Waals surface area contributed by atoms with Gasteiger partial charge in [-0.15, -0.1) is 10.2 Å². The van der Waals surface area contributed by atoms with Crippen molar-refractivity contribution in [1.82, 2.24) is 15.5 Å². The van der Waals surface area contributed by atoms with Crippen LogP contribution in [0.3, 0.4) is 0 Å². The molecule has 1 aromatic heterocycles. The van der Waals surface area contributed by atoms with Crippen molar-refractivity contribution in [2.45, 2.75) is 25.9 Å². The van der Waals surface area contributed by atoms with E-state index in [0.29, 0.717) is 16.8 Å². The molecule has 0 aliphatic carbocycles. The molecule has 1 heterocycles. The molecule has 0 saturated carbocycles. The normalized spacial score (nSPS) is 13.2. The first-order valence-corrected chi connectivity index (χ1v) is 9.95. The molecular weight excluding hydrogens is 382 g/mol. The Morgan fingerprint density at radius 1 is 0.862 bits per heavy atom. The summed E-state index contributed by atoms with van der Waals surface area (Å²) in [7, 11) is 0. The van der Waals surface area contributed by atoms with Crippen LogP contribution >= 0.6 is 11.6 Å². The van der Waals surface area contributed by atoms with Crippen LogP contribution in [-0.2, 0) is 0 Å². The van der Waals surface area contributed by atoms with E-state index in [9.17, 15) is 0 Å². The van der Waals surface area contributed by atoms with Crippen LogP contribution in [0.1, 0.15) is 41.6 Å². The van der Waals surface area contributed by atoms with E-state index < -0.39 is 0 Å². The molecular formula is C24H22ClN3O. The van der Waals surface area contributed by atoms with E-state index in [2.05, 4.69) is 58.8 Å². The fraction of sp³-hybridized carbons (Fsp3) is 0.167. The maximum Gasteiger partial charge on any atom is 0.247 e. The highest BCUT2D eigenvalue weighted by Crippen LogP contribution is 2.28. The van der Waals surface area contributed by atoms with Gasteiger partial charge in [-0.05, 0) is 43.2 Å². The maximum atomic E-state index is 6.08. The van der Waals surface area contributed by atoms with E-state index in [1.54, 1.807) is 0 Å². The predicted molar refractivity (Wildman–Crippen MR) is 116 cm³/mol. The number of hydrogen-bond donors (Lipinski definition) is 1. The van der Waals surface area contributed by atoms with Crippen molar-refractivity contribution in [3.8, 4) is 11.5 Å². The molecule has 2 atom stereocenters. The highest BCUT2D eigenvalue weighted by molar-refractivity contribution is 6.30. The van der Waals surface area contributed by atoms with Gasteiger partial charge < -0.3 is 4.42 Å². The molecule has 5 heteroatoms. The Bertz CT molecular complexity index is 1080. The third-order valence-corrected chi connectivity index (χ3v) is 5.08. The van der Waals surface area contributed by atoms with Gasteiger partial charge in [-0.25, -0.2) is 0 Å². The van der Waals surface area contributed by atoms with Gasteiger partial charge in [0.15, 0.2) is 0 Å². The Balaban J connectivity index is 1.60. The lowest BCUT2D eigenvalue weighted by Gasteiger charge is -2.23. The quantitative estimate of drug-likeness (QED) is 0.420. The van der Waals surface area contributed by atoms with Crippen LogP contribution in [-0.4, -0.2) is 10.2 Å². The van der Waals surface area contributed by atoms with Gasteiger partial charge >= 0.3 is 0 Å². The van der Waals surface area contributed by atoms with Gasteiger partial charge in [-0.2, -0.15) is 0 Å². The average molecular weight is 404 g/mol. The fourth-order valence-corrected chi connectivity index (χ4v) is 3.45. The molecule has 0 radical (unpaired) electrons. The molecule has 0 saturated heterocycles. The zero-order chi connectivity index (χ0) is 20.2. The molecule has 0 fully saturated rings. The molecule has 4 rings (SSSR count). The molecule has 0 amide bonds. The zero-order valence-corrected chi connectivity index (χ0v) is 17.1. The molecule has 0 unspecified atom stereocenters. The van der Waals surface area contributed by atoms with Crippen molar-refractivity contribution in [3.63, 3.8) is 0 Å². The van der Waals surface area contributed by atoms with E-state index in [4.69, 9.17) is 16.0 Å². The summed E-state index contributed by atoms with van der Waals surface area (Å²) in [5.41, 5.74) is 4.40. The van der Waals surface area contributed by atoms with Crippen molar-refractivity contribution >= 4 is 11.6 Å². The standard InChI is InChI=1S/C24H22ClN3O/c1-16-11-13-19(14-12-16)22(18-7-4-3-5-8-18)26-17(2)23-27-28-24(29-23)20-9-6-10-21(25)15-20/h3-15,17,22,26H,1-2H3/t17-,22+/m0/s1. The lowest BCUT2D eigenvalue weighted by atomic mass is 9.97. The number of aromatic nitrogens is 2. The number of aryl methyl sites for hydroxylation is 1. The van der Waals surface area contributed by atoms with Crippen LogP contribution in [0.4, 0.5) is 0 Å². The number of nitrogens with one attached hydrogen (secondary N) is 1. The largest absolute Gasteiger partial charge is 0.419 e. The van der Waals surface area contributed by atoms with E-state index in [0.717, 1.165) is 5.56 Å². The second kappa shape index (κ2) is 8.60. The molecule has 29 heavy (non-hydrogen) atoms. The summed E-state index contributed by atoms with van der Waals surface area (Å²) >= 11 is 6.08. The number of benzene rings is 3. The van der Waals surface area contributed by atoms with Crippen molar-refractivity contribution in [2.75, 3.05) is 0 Å². The van der Waals surface area contributed by atoms with Gasteiger partial charge in [0.25, 0.3) is 0 Å². The average Bonchev–Trinajstić information content (AvgIpc) is 3.24. The van der Waals surface area contributed by atoms with E-state index in [1.807, 2.05) is 49.4 Å². The second-order valence-corrected chi connectivity index (χ2v) is 7.53. The van der Waals surface area contributed by atoms with Gasteiger partial charge in [-0.3, -0.25) is 5.32 Å². The van der Waals surface area contributed by atoms with E-state index in [-0.39, 0.29) is 12.1 Å². The molecule has 4 aromatic rings. The van der Waals surface area contributed by atoms with Crippen LogP contribution < -0.4 is 5.32 Å². The number of rotatable bonds is 6.